The first-order valence-electron chi connectivity index (χ1n) is 36.6. The van der Waals surface area contributed by atoms with Crippen LogP contribution in [-0.4, -0.2) is 177 Å². The summed E-state index contributed by atoms with van der Waals surface area (Å²) in [5, 5.41) is 108. The molecule has 16 N–H and O–H groups in total. The van der Waals surface area contributed by atoms with E-state index in [1.165, 1.54) is 0 Å². The number of nitrogens with zero attached hydrogens (tertiary/aromatic N) is 12. The van der Waals surface area contributed by atoms with Crippen molar-refractivity contribution in [2.24, 2.45) is 46.6 Å². The number of primary amides is 4. The molecule has 0 saturated carbocycles. The number of rotatable bonds is 16. The van der Waals surface area contributed by atoms with Gasteiger partial charge in [-0.1, -0.05) is 18.2 Å². The molecule has 0 radical (unpaired) electrons. The first-order valence-corrected chi connectivity index (χ1v) is 36.6. The minimum absolute atomic E-state index is 0.219. The third-order valence-electron chi connectivity index (χ3n) is 20.6. The maximum Gasteiger partial charge on any atom is 0.555 e. The fourth-order valence-electron chi connectivity index (χ4n) is 14.5. The highest BCUT2D eigenvalue weighted by Gasteiger charge is 2.37. The van der Waals surface area contributed by atoms with E-state index in [1.807, 2.05) is 49.4 Å². The molecule has 8 aliphatic rings. The Hall–Kier alpha value is -11.9. The number of nitriles is 4. The molecule has 580 valence electrons. The SMILES string of the molecule is CC1=Cc2cc(Nc3nn(C4COCC[C@@H]4C#N)cc3C(N)=O)ccc2OB1O.Cc1cc(Nc2nn(C3COCC[C@@H]3C#N)cc2C(N)=O)cc2c1B(O)OC2.N#C[C@H]1CCOCC1n1cc(C(N)=O)c(Nc2ccc3c(c2)B(O)OCC3)n1.N#C[C@H]1CCOCC1n1cc(C(N)=O)c(Nc2ccc3c(c2)CCOB3O)n1. The number of nitrogens with one attached hydrogen (secondary N) is 4. The zero-order valence-electron chi connectivity index (χ0n) is 61.6. The maximum atomic E-state index is 11.9. The fraction of sp³-hybridized carbons (Fsp3) is 0.370. The van der Waals surface area contributed by atoms with E-state index in [-0.39, 0.29) is 70.1 Å². The van der Waals surface area contributed by atoms with Crippen LogP contribution in [0, 0.1) is 75.9 Å². The average Bonchev–Trinajstić information content (AvgIpc) is 1.78. The van der Waals surface area contributed by atoms with Crippen LogP contribution >= 0.6 is 0 Å². The van der Waals surface area contributed by atoms with E-state index in [0.29, 0.717) is 162 Å². The summed E-state index contributed by atoms with van der Waals surface area (Å²) in [6, 6.07) is 28.0. The number of hydrogen-bond acceptors (Lipinski definition) is 28. The summed E-state index contributed by atoms with van der Waals surface area (Å²) in [6.07, 6.45) is 11.9. The van der Waals surface area contributed by atoms with Gasteiger partial charge in [0.05, 0.1) is 105 Å². The zero-order chi connectivity index (χ0) is 79.7. The predicted octanol–water partition coefficient (Wildman–Crippen LogP) is 2.17. The summed E-state index contributed by atoms with van der Waals surface area (Å²) in [5.41, 5.74) is 33.2. The summed E-state index contributed by atoms with van der Waals surface area (Å²) in [4.78, 5) is 47.7. The van der Waals surface area contributed by atoms with E-state index in [4.69, 9.17) is 60.5 Å². The van der Waals surface area contributed by atoms with E-state index < -0.39 is 52.1 Å². The predicted molar refractivity (Wildman–Crippen MR) is 410 cm³/mol. The lowest BCUT2D eigenvalue weighted by Crippen LogP contribution is -2.41. The number of hydrogen-bond donors (Lipinski definition) is 12. The second-order valence-corrected chi connectivity index (χ2v) is 28.0. The number of amides is 4. The van der Waals surface area contributed by atoms with Crippen molar-refractivity contribution in [3.8, 4) is 30.0 Å². The van der Waals surface area contributed by atoms with Gasteiger partial charge in [-0.15, -0.1) is 0 Å². The van der Waals surface area contributed by atoms with Crippen LogP contribution in [0.5, 0.6) is 5.75 Å². The Morgan fingerprint density at radius 2 is 0.841 bits per heavy atom. The minimum atomic E-state index is -0.977. The number of carbonyl (C=O) groups is 4. The lowest BCUT2D eigenvalue weighted by Gasteiger charge is -2.26. The highest BCUT2D eigenvalue weighted by Crippen LogP contribution is 2.36. The monoisotopic (exact) mass is 1540 g/mol. The van der Waals surface area contributed by atoms with Crippen LogP contribution in [0.4, 0.5) is 46.0 Å². The lowest BCUT2D eigenvalue weighted by molar-refractivity contribution is 0.0341. The molecule has 4 aromatic carbocycles. The van der Waals surface area contributed by atoms with Gasteiger partial charge in [0, 0.05) is 92.7 Å². The van der Waals surface area contributed by atoms with E-state index in [9.17, 15) is 60.3 Å². The van der Waals surface area contributed by atoms with Gasteiger partial charge < -0.3 is 102 Å². The van der Waals surface area contributed by atoms with Gasteiger partial charge in [-0.3, -0.25) is 37.9 Å². The molecule has 8 aromatic rings. The van der Waals surface area contributed by atoms with Crippen LogP contribution in [0.3, 0.4) is 0 Å². The Morgan fingerprint density at radius 1 is 0.451 bits per heavy atom. The number of ether oxygens (including phenoxy) is 4. The first kappa shape index (κ1) is 79.2. The third-order valence-corrected chi connectivity index (χ3v) is 20.6. The fourth-order valence-corrected chi connectivity index (χ4v) is 14.5. The molecule has 0 bridgehead atoms. The van der Waals surface area contributed by atoms with Gasteiger partial charge >= 0.3 is 28.5 Å². The molecule has 4 aromatic heterocycles. The molecule has 40 heteroatoms. The summed E-state index contributed by atoms with van der Waals surface area (Å²) in [5.74, 6) is -1.67. The van der Waals surface area contributed by atoms with E-state index >= 15 is 0 Å². The first-order chi connectivity index (χ1) is 54.6. The van der Waals surface area contributed by atoms with Gasteiger partial charge in [-0.05, 0) is 151 Å². The summed E-state index contributed by atoms with van der Waals surface area (Å²) in [6.45, 7) is 8.42. The molecule has 16 rings (SSSR count). The molecule has 0 aliphatic carbocycles. The molecular formula is C73H80B4N20O16. The molecule has 0 spiro atoms. The van der Waals surface area contributed by atoms with Crippen LogP contribution in [0.15, 0.2) is 97.0 Å². The number of nitrogens with two attached hydrogens (primary N) is 4. The molecule has 36 nitrogen and oxygen atoms in total. The van der Waals surface area contributed by atoms with Crippen molar-refractivity contribution in [3.63, 3.8) is 0 Å². The van der Waals surface area contributed by atoms with Gasteiger partial charge in [0.2, 0.25) is 0 Å². The van der Waals surface area contributed by atoms with Crippen molar-refractivity contribution in [1.82, 2.24) is 39.1 Å². The Kier molecular flexibility index (Phi) is 24.7. The summed E-state index contributed by atoms with van der Waals surface area (Å²) < 4.78 is 49.5. The summed E-state index contributed by atoms with van der Waals surface area (Å²) >= 11 is 0. The third kappa shape index (κ3) is 17.9. The van der Waals surface area contributed by atoms with Crippen LogP contribution < -0.4 is 65.2 Å². The number of allylic oxidation sites excluding steroid dienone is 1. The Bertz CT molecular complexity index is 5120. The molecule has 8 aliphatic heterocycles. The van der Waals surface area contributed by atoms with Crippen molar-refractivity contribution in [1.29, 1.82) is 21.0 Å². The quantitative estimate of drug-likeness (QED) is 0.0617. The molecular weight excluding hydrogens is 1460 g/mol. The number of carbonyl (C=O) groups excluding carboxylic acids is 4. The van der Waals surface area contributed by atoms with Crippen molar-refractivity contribution >= 4 is 121 Å². The van der Waals surface area contributed by atoms with Crippen molar-refractivity contribution in [2.45, 2.75) is 83.1 Å². The molecule has 4 amide bonds. The second kappa shape index (κ2) is 35.2. The normalized spacial score (nSPS) is 21.3. The van der Waals surface area contributed by atoms with Crippen LogP contribution in [0.1, 0.15) is 126 Å². The van der Waals surface area contributed by atoms with E-state index in [2.05, 4.69) is 65.9 Å². The van der Waals surface area contributed by atoms with Crippen molar-refractivity contribution < 1.29 is 76.8 Å². The molecule has 4 saturated heterocycles. The number of anilines is 8. The number of benzene rings is 4. The van der Waals surface area contributed by atoms with Crippen LogP contribution in [0.2, 0.25) is 0 Å². The van der Waals surface area contributed by atoms with Gasteiger partial charge in [0.15, 0.2) is 23.3 Å². The van der Waals surface area contributed by atoms with Crippen molar-refractivity contribution in [3.05, 3.63) is 147 Å². The van der Waals surface area contributed by atoms with E-state index in [1.54, 1.807) is 80.8 Å². The molecule has 4 fully saturated rings. The van der Waals surface area contributed by atoms with E-state index in [0.717, 1.165) is 50.9 Å². The topological polar surface area (TPSA) is 542 Å². The second-order valence-electron chi connectivity index (χ2n) is 28.0. The van der Waals surface area contributed by atoms with Gasteiger partial charge in [0.1, 0.15) is 28.0 Å². The van der Waals surface area contributed by atoms with Crippen molar-refractivity contribution in [2.75, 3.05) is 87.3 Å². The van der Waals surface area contributed by atoms with Crippen LogP contribution in [-0.2, 0) is 52.4 Å². The van der Waals surface area contributed by atoms with Gasteiger partial charge in [-0.25, -0.2) is 0 Å². The Morgan fingerprint density at radius 3 is 1.28 bits per heavy atom. The molecule has 12 heterocycles. The number of aromatic nitrogens is 8. The standard InChI is InChI=1S/C19H20BN5O4.3C18H20BN5O4/c1-11-6-13-7-14(2-3-17(13)29-20(11)27)23-19-15(18(22)26)9-25(24-19)16-10-28-5-4-12(16)8-21;1-10-4-13(5-12-8-28-19(26)16(10)12)22-18-14(17(21)25)7-24(23-18)15-9-27-3-2-11(15)6-20;20-8-12-3-5-27-10-16(12)24-9-14(17(21)25)18(23-24)22-13-1-2-15-11(7-13)4-6-28-19(15)26;20-8-12-3-5-27-10-16(12)24-9-14(17(21)25)18(23-24)22-13-2-1-11-4-6-28-19(26)15(11)7-13/h2-3,6-7,9,12,16,27H,4-5,10H2,1H3,(H2,22,26)(H,23,24);4-5,7,11,15,26H,2-3,8-9H2,1H3,(H2,21,25)(H,22,23);2*1-2,7,9,12,16,26H,3-6,10H2,(H2,21,25)(H,22,23)/t12-,16?;11-,15?;2*12-,16?/m1111/s1. The van der Waals surface area contributed by atoms with Gasteiger partial charge in [-0.2, -0.15) is 41.4 Å². The molecule has 113 heavy (non-hydrogen) atoms. The van der Waals surface area contributed by atoms with Crippen LogP contribution in [0.25, 0.3) is 6.08 Å². The number of fused-ring (bicyclic) bond motifs is 4. The average molecular weight is 1540 g/mol. The Balaban J connectivity index is 0.000000132. The Labute approximate surface area is 648 Å². The smallest absolute Gasteiger partial charge is 0.532 e. The summed E-state index contributed by atoms with van der Waals surface area (Å²) in [7, 11) is -3.77. The highest BCUT2D eigenvalue weighted by atomic mass is 16.5. The molecule has 8 atom stereocenters. The lowest BCUT2D eigenvalue weighted by atomic mass is 9.73. The molecule has 4 unspecified atom stereocenters. The highest BCUT2D eigenvalue weighted by molar-refractivity contribution is 6.62. The minimum Gasteiger partial charge on any atom is -0.532 e. The maximum absolute atomic E-state index is 11.9. The van der Waals surface area contributed by atoms with Gasteiger partial charge in [0.25, 0.3) is 23.6 Å². The largest absolute Gasteiger partial charge is 0.555 e. The number of aryl methyl sites for hydroxylation is 1. The zero-order valence-corrected chi connectivity index (χ0v) is 61.6.